The summed E-state index contributed by atoms with van der Waals surface area (Å²) in [6.07, 6.45) is 0. The number of urea groups is 1. The molecule has 180 valence electrons. The smallest absolute Gasteiger partial charge is 0.322 e. The van der Waals surface area contributed by atoms with E-state index in [1.807, 2.05) is 68.4 Å². The van der Waals surface area contributed by atoms with Gasteiger partial charge >= 0.3 is 6.03 Å². The molecular weight excluding hydrogens is 430 g/mol. The second kappa shape index (κ2) is 10.4. The molecule has 0 atom stereocenters. The van der Waals surface area contributed by atoms with Crippen LogP contribution in [-0.2, 0) is 10.2 Å². The third kappa shape index (κ3) is 6.15. The van der Waals surface area contributed by atoms with Gasteiger partial charge in [0.25, 0.3) is 0 Å². The number of rotatable bonds is 7. The van der Waals surface area contributed by atoms with E-state index in [-0.39, 0.29) is 23.9 Å². The Bertz CT molecular complexity index is 1130. The Kier molecular flexibility index (Phi) is 7.61. The molecule has 2 aromatic carbocycles. The van der Waals surface area contributed by atoms with Gasteiger partial charge in [0.1, 0.15) is 18.1 Å². The molecule has 1 aromatic heterocycles. The Morgan fingerprint density at radius 3 is 2.24 bits per heavy atom. The van der Waals surface area contributed by atoms with Gasteiger partial charge in [-0.3, -0.25) is 4.79 Å². The van der Waals surface area contributed by atoms with Crippen molar-refractivity contribution in [3.8, 4) is 11.4 Å². The van der Waals surface area contributed by atoms with Crippen LogP contribution in [0.15, 0.2) is 54.6 Å². The molecule has 2 N–H and O–H groups in total. The van der Waals surface area contributed by atoms with Crippen molar-refractivity contribution in [2.75, 3.05) is 30.8 Å². The van der Waals surface area contributed by atoms with Crippen LogP contribution in [-0.4, -0.2) is 46.8 Å². The number of carbonyl (C=O) groups excluding carboxylic acids is 2. The molecular formula is C26H33N5O3. The number of hydrogen-bond donors (Lipinski definition) is 2. The van der Waals surface area contributed by atoms with Gasteiger partial charge in [-0.1, -0.05) is 38.5 Å². The topological polar surface area (TPSA) is 88.5 Å². The van der Waals surface area contributed by atoms with Gasteiger partial charge in [0.05, 0.1) is 18.5 Å². The number of aryl methyl sites for hydroxylation is 1. The van der Waals surface area contributed by atoms with E-state index in [0.29, 0.717) is 18.1 Å². The largest absolute Gasteiger partial charge is 0.497 e. The zero-order chi connectivity index (χ0) is 24.9. The van der Waals surface area contributed by atoms with Gasteiger partial charge in [-0.25, -0.2) is 9.48 Å². The number of ether oxygens (including phenoxy) is 1. The first kappa shape index (κ1) is 24.8. The second-order valence-electron chi connectivity index (χ2n) is 9.13. The molecule has 3 amide bonds. The third-order valence-electron chi connectivity index (χ3n) is 5.37. The molecule has 8 heteroatoms. The molecule has 0 saturated carbocycles. The fourth-order valence-electron chi connectivity index (χ4n) is 3.28. The summed E-state index contributed by atoms with van der Waals surface area (Å²) in [5.41, 5.74) is 3.20. The van der Waals surface area contributed by atoms with Gasteiger partial charge in [-0.15, -0.1) is 0 Å². The molecule has 0 unspecified atom stereocenters. The van der Waals surface area contributed by atoms with Gasteiger partial charge in [-0.05, 0) is 50.2 Å². The maximum atomic E-state index is 12.9. The predicted octanol–water partition coefficient (Wildman–Crippen LogP) is 4.98. The quantitative estimate of drug-likeness (QED) is 0.517. The van der Waals surface area contributed by atoms with Crippen LogP contribution in [0.2, 0.25) is 0 Å². The Hall–Kier alpha value is -3.81. The maximum absolute atomic E-state index is 12.9. The van der Waals surface area contributed by atoms with E-state index in [4.69, 9.17) is 9.84 Å². The Morgan fingerprint density at radius 1 is 1.03 bits per heavy atom. The SMILES string of the molecule is CCN(CC(=O)Nc1cc(C(C)(C)C)nn1-c1ccc(OC)cc1)C(=O)Nc1ccc(C)cc1. The maximum Gasteiger partial charge on any atom is 0.322 e. The minimum absolute atomic E-state index is 0.0904. The summed E-state index contributed by atoms with van der Waals surface area (Å²) in [7, 11) is 1.61. The average Bonchev–Trinajstić information content (AvgIpc) is 3.23. The van der Waals surface area contributed by atoms with Crippen LogP contribution in [0.1, 0.15) is 39.0 Å². The molecule has 0 bridgehead atoms. The molecule has 0 aliphatic rings. The lowest BCUT2D eigenvalue weighted by molar-refractivity contribution is -0.116. The minimum Gasteiger partial charge on any atom is -0.497 e. The van der Waals surface area contributed by atoms with Crippen LogP contribution < -0.4 is 15.4 Å². The lowest BCUT2D eigenvalue weighted by atomic mass is 9.92. The number of methoxy groups -OCH3 is 1. The standard InChI is InChI=1S/C26H33N5O3/c1-7-30(25(33)27-19-10-8-18(2)9-11-19)17-24(32)28-23-16-22(26(3,4)5)29-31(23)20-12-14-21(34-6)15-13-20/h8-16H,7,17H2,1-6H3,(H,27,33)(H,28,32). The predicted molar refractivity (Wildman–Crippen MR) is 135 cm³/mol. The highest BCUT2D eigenvalue weighted by atomic mass is 16.5. The van der Waals surface area contributed by atoms with Crippen LogP contribution in [0.5, 0.6) is 5.75 Å². The van der Waals surface area contributed by atoms with E-state index in [1.54, 1.807) is 11.8 Å². The summed E-state index contributed by atoms with van der Waals surface area (Å²) in [6, 6.07) is 16.5. The van der Waals surface area contributed by atoms with Crippen LogP contribution in [0.25, 0.3) is 5.69 Å². The average molecular weight is 464 g/mol. The van der Waals surface area contributed by atoms with E-state index in [9.17, 15) is 9.59 Å². The number of anilines is 2. The van der Waals surface area contributed by atoms with Crippen molar-refractivity contribution in [1.29, 1.82) is 0 Å². The van der Waals surface area contributed by atoms with Crippen molar-refractivity contribution in [2.45, 2.75) is 40.0 Å². The van der Waals surface area contributed by atoms with Crippen molar-refractivity contribution >= 4 is 23.4 Å². The van der Waals surface area contributed by atoms with Gasteiger partial charge in [-0.2, -0.15) is 5.10 Å². The van der Waals surface area contributed by atoms with Crippen LogP contribution in [0.4, 0.5) is 16.3 Å². The highest BCUT2D eigenvalue weighted by molar-refractivity contribution is 5.96. The monoisotopic (exact) mass is 463 g/mol. The first-order chi connectivity index (χ1) is 16.1. The number of hydrogen-bond acceptors (Lipinski definition) is 4. The number of aromatic nitrogens is 2. The van der Waals surface area contributed by atoms with Gasteiger partial charge in [0.15, 0.2) is 0 Å². The third-order valence-corrected chi connectivity index (χ3v) is 5.37. The van der Waals surface area contributed by atoms with Gasteiger partial charge in [0, 0.05) is 23.7 Å². The Labute approximate surface area is 200 Å². The summed E-state index contributed by atoms with van der Waals surface area (Å²) >= 11 is 0. The number of carbonyl (C=O) groups is 2. The number of amides is 3. The molecule has 0 spiro atoms. The number of benzene rings is 2. The molecule has 0 saturated heterocycles. The fourth-order valence-corrected chi connectivity index (χ4v) is 3.28. The summed E-state index contributed by atoms with van der Waals surface area (Å²) in [5, 5.41) is 10.5. The zero-order valence-corrected chi connectivity index (χ0v) is 20.7. The van der Waals surface area contributed by atoms with E-state index < -0.39 is 0 Å². The Morgan fingerprint density at radius 2 is 1.68 bits per heavy atom. The Balaban J connectivity index is 1.77. The van der Waals surface area contributed by atoms with Crippen molar-refractivity contribution in [1.82, 2.24) is 14.7 Å². The zero-order valence-electron chi connectivity index (χ0n) is 20.7. The molecule has 34 heavy (non-hydrogen) atoms. The van der Waals surface area contributed by atoms with Crippen LogP contribution in [0.3, 0.4) is 0 Å². The molecule has 8 nitrogen and oxygen atoms in total. The minimum atomic E-state index is -0.333. The molecule has 0 fully saturated rings. The summed E-state index contributed by atoms with van der Waals surface area (Å²) in [4.78, 5) is 27.1. The number of nitrogens with one attached hydrogen (secondary N) is 2. The van der Waals surface area contributed by atoms with E-state index in [0.717, 1.165) is 22.7 Å². The summed E-state index contributed by atoms with van der Waals surface area (Å²) in [5.74, 6) is 0.960. The highest BCUT2D eigenvalue weighted by Gasteiger charge is 2.23. The van der Waals surface area contributed by atoms with Crippen LogP contribution in [0, 0.1) is 6.92 Å². The first-order valence-electron chi connectivity index (χ1n) is 11.3. The van der Waals surface area contributed by atoms with E-state index in [1.165, 1.54) is 4.90 Å². The molecule has 3 rings (SSSR count). The second-order valence-corrected chi connectivity index (χ2v) is 9.13. The normalized spacial score (nSPS) is 11.1. The summed E-state index contributed by atoms with van der Waals surface area (Å²) in [6.45, 7) is 10.3. The number of nitrogens with zero attached hydrogens (tertiary/aromatic N) is 3. The molecule has 0 aliphatic heterocycles. The fraction of sp³-hybridized carbons (Fsp3) is 0.346. The molecule has 3 aromatic rings. The van der Waals surface area contributed by atoms with Crippen molar-refractivity contribution < 1.29 is 14.3 Å². The van der Waals surface area contributed by atoms with Gasteiger partial charge < -0.3 is 20.3 Å². The lowest BCUT2D eigenvalue weighted by Gasteiger charge is -2.21. The highest BCUT2D eigenvalue weighted by Crippen LogP contribution is 2.27. The van der Waals surface area contributed by atoms with Crippen molar-refractivity contribution in [2.24, 2.45) is 0 Å². The summed E-state index contributed by atoms with van der Waals surface area (Å²) < 4.78 is 6.94. The molecule has 0 aliphatic carbocycles. The van der Waals surface area contributed by atoms with Crippen molar-refractivity contribution in [3.63, 3.8) is 0 Å². The lowest BCUT2D eigenvalue weighted by Crippen LogP contribution is -2.40. The van der Waals surface area contributed by atoms with Gasteiger partial charge in [0.2, 0.25) is 5.91 Å². The van der Waals surface area contributed by atoms with E-state index >= 15 is 0 Å². The molecule has 0 radical (unpaired) electrons. The first-order valence-corrected chi connectivity index (χ1v) is 11.3. The molecule has 1 heterocycles. The van der Waals surface area contributed by atoms with E-state index in [2.05, 4.69) is 31.4 Å². The number of likely N-dealkylation sites (N-methyl/N-ethyl adjacent to an activating group) is 1. The van der Waals surface area contributed by atoms with Crippen LogP contribution >= 0.6 is 0 Å². The van der Waals surface area contributed by atoms with Crippen molar-refractivity contribution in [3.05, 3.63) is 65.9 Å².